The van der Waals surface area contributed by atoms with Crippen LogP contribution >= 0.6 is 23.2 Å². The zero-order chi connectivity index (χ0) is 15.0. The van der Waals surface area contributed by atoms with E-state index in [0.717, 1.165) is 5.56 Å². The lowest BCUT2D eigenvalue weighted by atomic mass is 10.2. The zero-order valence-electron chi connectivity index (χ0n) is 11.0. The SMILES string of the molecule is Cn1ncc2nc(NCc3ccc(Cl)cc3Cl)[nH]c(=O)c21. The number of nitrogens with one attached hydrogen (secondary N) is 2. The van der Waals surface area contributed by atoms with Gasteiger partial charge in [0.15, 0.2) is 5.52 Å². The van der Waals surface area contributed by atoms with Gasteiger partial charge in [0.2, 0.25) is 5.95 Å². The molecule has 108 valence electrons. The van der Waals surface area contributed by atoms with Crippen LogP contribution < -0.4 is 10.9 Å². The summed E-state index contributed by atoms with van der Waals surface area (Å²) in [7, 11) is 1.69. The zero-order valence-corrected chi connectivity index (χ0v) is 12.5. The smallest absolute Gasteiger partial charge is 0.278 e. The predicted molar refractivity (Wildman–Crippen MR) is 82.9 cm³/mol. The van der Waals surface area contributed by atoms with E-state index in [9.17, 15) is 4.79 Å². The molecule has 0 unspecified atom stereocenters. The first-order valence-corrected chi connectivity index (χ1v) is 6.90. The fourth-order valence-corrected chi connectivity index (χ4v) is 2.49. The number of rotatable bonds is 3. The standard InChI is InChI=1S/C13H11Cl2N5O/c1-20-11-10(6-17-20)18-13(19-12(11)21)16-5-7-2-3-8(14)4-9(7)15/h2-4,6H,5H2,1H3,(H2,16,18,19,21). The molecule has 0 amide bonds. The summed E-state index contributed by atoms with van der Waals surface area (Å²) >= 11 is 11.9. The molecule has 6 nitrogen and oxygen atoms in total. The summed E-state index contributed by atoms with van der Waals surface area (Å²) in [4.78, 5) is 18.9. The van der Waals surface area contributed by atoms with Crippen molar-refractivity contribution >= 4 is 40.2 Å². The molecule has 0 aliphatic carbocycles. The Labute approximate surface area is 129 Å². The highest BCUT2D eigenvalue weighted by Crippen LogP contribution is 2.21. The van der Waals surface area contributed by atoms with Gasteiger partial charge in [-0.1, -0.05) is 29.3 Å². The van der Waals surface area contributed by atoms with Crippen LogP contribution in [-0.2, 0) is 13.6 Å². The Bertz CT molecular complexity index is 871. The lowest BCUT2D eigenvalue weighted by Gasteiger charge is -2.07. The molecule has 2 N–H and O–H groups in total. The maximum Gasteiger partial charge on any atom is 0.278 e. The predicted octanol–water partition coefficient (Wildman–Crippen LogP) is 2.58. The van der Waals surface area contributed by atoms with Gasteiger partial charge in [-0.25, -0.2) is 4.98 Å². The fourth-order valence-electron chi connectivity index (χ4n) is 2.01. The van der Waals surface area contributed by atoms with Crippen LogP contribution in [0.5, 0.6) is 0 Å². The van der Waals surface area contributed by atoms with Gasteiger partial charge in [0, 0.05) is 23.6 Å². The summed E-state index contributed by atoms with van der Waals surface area (Å²) in [6.45, 7) is 0.421. The van der Waals surface area contributed by atoms with E-state index in [1.807, 2.05) is 6.07 Å². The van der Waals surface area contributed by atoms with Crippen molar-refractivity contribution in [3.8, 4) is 0 Å². The highest BCUT2D eigenvalue weighted by Gasteiger charge is 2.08. The normalized spacial score (nSPS) is 11.0. The molecule has 1 aromatic carbocycles. The van der Waals surface area contributed by atoms with E-state index in [-0.39, 0.29) is 5.56 Å². The van der Waals surface area contributed by atoms with E-state index in [1.54, 1.807) is 25.4 Å². The number of nitrogens with zero attached hydrogens (tertiary/aromatic N) is 3. The van der Waals surface area contributed by atoms with E-state index >= 15 is 0 Å². The number of fused-ring (bicyclic) bond motifs is 1. The molecule has 3 rings (SSSR count). The molecule has 0 aliphatic rings. The first kappa shape index (κ1) is 13.9. The van der Waals surface area contributed by atoms with Gasteiger partial charge in [-0.2, -0.15) is 5.10 Å². The van der Waals surface area contributed by atoms with Gasteiger partial charge in [-0.3, -0.25) is 14.5 Å². The Morgan fingerprint density at radius 3 is 2.95 bits per heavy atom. The average molecular weight is 324 g/mol. The molecule has 0 radical (unpaired) electrons. The minimum atomic E-state index is -0.246. The van der Waals surface area contributed by atoms with Gasteiger partial charge in [-0.05, 0) is 17.7 Å². The van der Waals surface area contributed by atoms with Crippen LogP contribution in [0.4, 0.5) is 5.95 Å². The first-order chi connectivity index (χ1) is 10.0. The Morgan fingerprint density at radius 2 is 2.19 bits per heavy atom. The molecule has 8 heteroatoms. The third-order valence-corrected chi connectivity index (χ3v) is 3.65. The molecule has 0 saturated heterocycles. The van der Waals surface area contributed by atoms with Crippen LogP contribution in [-0.4, -0.2) is 19.7 Å². The highest BCUT2D eigenvalue weighted by molar-refractivity contribution is 6.35. The molecule has 0 atom stereocenters. The molecule has 2 heterocycles. The van der Waals surface area contributed by atoms with Crippen molar-refractivity contribution in [2.24, 2.45) is 7.05 Å². The summed E-state index contributed by atoms with van der Waals surface area (Å²) < 4.78 is 1.49. The third kappa shape index (κ3) is 2.72. The van der Waals surface area contributed by atoms with Gasteiger partial charge in [-0.15, -0.1) is 0 Å². The third-order valence-electron chi connectivity index (χ3n) is 3.06. The van der Waals surface area contributed by atoms with Gasteiger partial charge < -0.3 is 5.32 Å². The summed E-state index contributed by atoms with van der Waals surface area (Å²) in [6, 6.07) is 5.24. The number of hydrogen-bond donors (Lipinski definition) is 2. The number of aryl methyl sites for hydroxylation is 1. The number of aromatic nitrogens is 4. The largest absolute Gasteiger partial charge is 0.352 e. The lowest BCUT2D eigenvalue weighted by Crippen LogP contribution is -2.15. The average Bonchev–Trinajstić information content (AvgIpc) is 2.80. The van der Waals surface area contributed by atoms with Gasteiger partial charge >= 0.3 is 0 Å². The summed E-state index contributed by atoms with van der Waals surface area (Å²) in [5.41, 5.74) is 1.58. The topological polar surface area (TPSA) is 75.6 Å². The van der Waals surface area contributed by atoms with Crippen molar-refractivity contribution in [1.82, 2.24) is 19.7 Å². The number of benzene rings is 1. The molecule has 0 aliphatic heterocycles. The molecule has 0 saturated carbocycles. The van der Waals surface area contributed by atoms with E-state index < -0.39 is 0 Å². The molecule has 0 fully saturated rings. The maximum atomic E-state index is 12.0. The summed E-state index contributed by atoms with van der Waals surface area (Å²) in [5.74, 6) is 0.367. The quantitative estimate of drug-likeness (QED) is 0.776. The first-order valence-electron chi connectivity index (χ1n) is 6.14. The molecular weight excluding hydrogens is 313 g/mol. The Morgan fingerprint density at radius 1 is 1.38 bits per heavy atom. The van der Waals surface area contributed by atoms with Crippen LogP contribution in [0.3, 0.4) is 0 Å². The second kappa shape index (κ2) is 5.38. The molecule has 2 aromatic heterocycles. The van der Waals surface area contributed by atoms with Crippen LogP contribution in [0.15, 0.2) is 29.2 Å². The van der Waals surface area contributed by atoms with Crippen LogP contribution in [0, 0.1) is 0 Å². The van der Waals surface area contributed by atoms with Crippen molar-refractivity contribution in [2.45, 2.75) is 6.54 Å². The number of H-pyrrole nitrogens is 1. The van der Waals surface area contributed by atoms with E-state index in [1.165, 1.54) is 4.68 Å². The van der Waals surface area contributed by atoms with Crippen LogP contribution in [0.2, 0.25) is 10.0 Å². The van der Waals surface area contributed by atoms with Gasteiger partial charge in [0.25, 0.3) is 5.56 Å². The second-order valence-electron chi connectivity index (χ2n) is 4.51. The molecular formula is C13H11Cl2N5O. The van der Waals surface area contributed by atoms with Crippen molar-refractivity contribution < 1.29 is 0 Å². The monoisotopic (exact) mass is 323 g/mol. The van der Waals surface area contributed by atoms with Crippen molar-refractivity contribution in [3.05, 3.63) is 50.4 Å². The fraction of sp³-hybridized carbons (Fsp3) is 0.154. The van der Waals surface area contributed by atoms with E-state index in [4.69, 9.17) is 23.2 Å². The van der Waals surface area contributed by atoms with Crippen molar-refractivity contribution in [1.29, 1.82) is 0 Å². The molecule has 0 bridgehead atoms. The minimum Gasteiger partial charge on any atom is -0.352 e. The summed E-state index contributed by atoms with van der Waals surface area (Å²) in [6.07, 6.45) is 1.55. The van der Waals surface area contributed by atoms with Crippen LogP contribution in [0.25, 0.3) is 11.0 Å². The van der Waals surface area contributed by atoms with Crippen molar-refractivity contribution in [3.63, 3.8) is 0 Å². The van der Waals surface area contributed by atoms with Crippen molar-refractivity contribution in [2.75, 3.05) is 5.32 Å². The maximum absolute atomic E-state index is 12.0. The Kier molecular flexibility index (Phi) is 3.57. The number of anilines is 1. The number of hydrogen-bond acceptors (Lipinski definition) is 4. The summed E-state index contributed by atoms with van der Waals surface area (Å²) in [5, 5.41) is 8.17. The molecule has 0 spiro atoms. The minimum absolute atomic E-state index is 0.246. The number of aromatic amines is 1. The highest BCUT2D eigenvalue weighted by atomic mass is 35.5. The molecule has 3 aromatic rings. The van der Waals surface area contributed by atoms with Gasteiger partial charge in [0.05, 0.1) is 6.20 Å². The Hall–Kier alpha value is -2.05. The van der Waals surface area contributed by atoms with Crippen LogP contribution in [0.1, 0.15) is 5.56 Å². The van der Waals surface area contributed by atoms with E-state index in [0.29, 0.717) is 33.6 Å². The lowest BCUT2D eigenvalue weighted by molar-refractivity contribution is 0.792. The second-order valence-corrected chi connectivity index (χ2v) is 5.35. The van der Waals surface area contributed by atoms with Gasteiger partial charge in [0.1, 0.15) is 5.52 Å². The number of halogens is 2. The molecule has 21 heavy (non-hydrogen) atoms. The Balaban J connectivity index is 1.87. The van der Waals surface area contributed by atoms with E-state index in [2.05, 4.69) is 20.4 Å².